The Morgan fingerprint density at radius 1 is 1.20 bits per heavy atom. The van der Waals surface area contributed by atoms with Gasteiger partial charge in [-0.1, -0.05) is 47.6 Å². The maximum Gasteiger partial charge on any atom is 0.407 e. The van der Waals surface area contributed by atoms with Gasteiger partial charge in [-0.3, -0.25) is 10.6 Å². The number of sulfonamides is 1. The molecule has 0 radical (unpaired) electrons. The summed E-state index contributed by atoms with van der Waals surface area (Å²) in [6, 6.07) is 13.1. The van der Waals surface area contributed by atoms with E-state index in [4.69, 9.17) is 15.3 Å². The van der Waals surface area contributed by atoms with Gasteiger partial charge in [0, 0.05) is 6.07 Å². The van der Waals surface area contributed by atoms with Crippen LogP contribution in [-0.2, 0) is 33.1 Å². The van der Waals surface area contributed by atoms with Crippen molar-refractivity contribution >= 4 is 33.1 Å². The van der Waals surface area contributed by atoms with Crippen LogP contribution in [0, 0.1) is 0 Å². The van der Waals surface area contributed by atoms with E-state index in [0.717, 1.165) is 22.9 Å². The smallest absolute Gasteiger partial charge is 0.407 e. The maximum atomic E-state index is 13.9. The Morgan fingerprint density at radius 3 is 2.52 bits per heavy atom. The number of hydroxylamine groups is 1. The first-order valence-corrected chi connectivity index (χ1v) is 15.0. The summed E-state index contributed by atoms with van der Waals surface area (Å²) in [5, 5.41) is 14.1. The fraction of sp³-hybridized carbons (Fsp3) is 0.500. The quantitative estimate of drug-likeness (QED) is 0.215. The fourth-order valence-electron chi connectivity index (χ4n) is 4.77. The molecular formula is C28H40N5O6S+. The van der Waals surface area contributed by atoms with Crippen molar-refractivity contribution in [1.29, 1.82) is 0 Å². The van der Waals surface area contributed by atoms with E-state index in [1.807, 2.05) is 30.3 Å². The molecule has 0 saturated heterocycles. The lowest BCUT2D eigenvalue weighted by Crippen LogP contribution is -2.51. The van der Waals surface area contributed by atoms with E-state index in [9.17, 15) is 18.3 Å². The van der Waals surface area contributed by atoms with Gasteiger partial charge < -0.3 is 15.2 Å². The topological polar surface area (TPSA) is 151 Å². The number of amides is 1. The Balaban J connectivity index is 1.63. The lowest BCUT2D eigenvalue weighted by Gasteiger charge is -2.31. The van der Waals surface area contributed by atoms with E-state index >= 15 is 0 Å². The SMILES string of the molecule is C[n+]1c(N)[nH]c2ccc(S(=O)(=O)N(C[C@@H](O)[C@H](Cc3ccccc3)NC(=O)OC(C)(C)C)OC3CCCC3)cc21. The first kappa shape index (κ1) is 29.8. The minimum absolute atomic E-state index is 0.000456. The predicted octanol–water partition coefficient (Wildman–Crippen LogP) is 2.94. The van der Waals surface area contributed by atoms with Crippen molar-refractivity contribution < 1.29 is 32.5 Å². The van der Waals surface area contributed by atoms with Gasteiger partial charge in [0.05, 0.1) is 36.7 Å². The molecule has 0 unspecified atom stereocenters. The van der Waals surface area contributed by atoms with Crippen molar-refractivity contribution in [3.8, 4) is 0 Å². The fourth-order valence-corrected chi connectivity index (χ4v) is 6.09. The molecule has 1 amide bonds. The maximum absolute atomic E-state index is 13.9. The van der Waals surface area contributed by atoms with Crippen molar-refractivity contribution in [1.82, 2.24) is 14.8 Å². The molecule has 1 fully saturated rings. The normalized spacial score (nSPS) is 16.4. The number of aliphatic hydroxyl groups excluding tert-OH is 1. The van der Waals surface area contributed by atoms with E-state index in [2.05, 4.69) is 10.3 Å². The number of fused-ring (bicyclic) bond motifs is 1. The molecule has 12 heteroatoms. The molecule has 0 aliphatic heterocycles. The second-order valence-corrected chi connectivity index (χ2v) is 13.1. The van der Waals surface area contributed by atoms with Crippen LogP contribution in [0.15, 0.2) is 53.4 Å². The molecule has 4 rings (SSSR count). The highest BCUT2D eigenvalue weighted by Gasteiger charge is 2.35. The third-order valence-electron chi connectivity index (χ3n) is 6.89. The Labute approximate surface area is 235 Å². The van der Waals surface area contributed by atoms with E-state index in [0.29, 0.717) is 29.8 Å². The van der Waals surface area contributed by atoms with Crippen molar-refractivity contribution in [3.63, 3.8) is 0 Å². The number of aromatic nitrogens is 2. The van der Waals surface area contributed by atoms with Gasteiger partial charge in [-0.15, -0.1) is 0 Å². The minimum Gasteiger partial charge on any atom is -0.444 e. The Morgan fingerprint density at radius 2 is 1.88 bits per heavy atom. The highest BCUT2D eigenvalue weighted by atomic mass is 32.2. The summed E-state index contributed by atoms with van der Waals surface area (Å²) in [7, 11) is -2.47. The number of H-pyrrole nitrogens is 1. The molecule has 2 aromatic carbocycles. The third kappa shape index (κ3) is 7.30. The first-order valence-electron chi connectivity index (χ1n) is 13.5. The Kier molecular flexibility index (Phi) is 9.03. The number of aryl methyl sites for hydroxylation is 1. The zero-order valence-electron chi connectivity index (χ0n) is 23.5. The molecule has 40 heavy (non-hydrogen) atoms. The molecule has 1 saturated carbocycles. The molecule has 11 nitrogen and oxygen atoms in total. The molecule has 3 aromatic rings. The van der Waals surface area contributed by atoms with Crippen molar-refractivity contribution in [2.24, 2.45) is 7.05 Å². The number of carbonyl (C=O) groups is 1. The van der Waals surface area contributed by atoms with Crippen LogP contribution in [0.25, 0.3) is 11.0 Å². The van der Waals surface area contributed by atoms with Crippen molar-refractivity contribution in [3.05, 3.63) is 54.1 Å². The molecule has 5 N–H and O–H groups in total. The molecule has 0 bridgehead atoms. The number of ether oxygens (including phenoxy) is 1. The van der Waals surface area contributed by atoms with Crippen molar-refractivity contribution in [2.75, 3.05) is 12.3 Å². The lowest BCUT2D eigenvalue weighted by molar-refractivity contribution is -0.629. The van der Waals surface area contributed by atoms with Gasteiger partial charge in [0.2, 0.25) is 0 Å². The number of alkyl carbamates (subject to hydrolysis) is 1. The number of hydrogen-bond donors (Lipinski definition) is 4. The average molecular weight is 575 g/mol. The molecule has 1 aliphatic rings. The van der Waals surface area contributed by atoms with Gasteiger partial charge in [-0.05, 0) is 57.7 Å². The summed E-state index contributed by atoms with van der Waals surface area (Å²) in [6.07, 6.45) is 1.24. The monoisotopic (exact) mass is 574 g/mol. The molecule has 2 atom stereocenters. The Hall–Kier alpha value is -3.19. The van der Waals surface area contributed by atoms with Crippen LogP contribution in [0.3, 0.4) is 0 Å². The number of carbonyl (C=O) groups excluding carboxylic acids is 1. The molecule has 218 valence electrons. The highest BCUT2D eigenvalue weighted by molar-refractivity contribution is 7.89. The largest absolute Gasteiger partial charge is 0.444 e. The van der Waals surface area contributed by atoms with Crippen LogP contribution >= 0.6 is 0 Å². The number of nitrogens with zero attached hydrogens (tertiary/aromatic N) is 2. The summed E-state index contributed by atoms with van der Waals surface area (Å²) >= 11 is 0. The van der Waals surface area contributed by atoms with Crippen LogP contribution < -0.4 is 15.6 Å². The highest BCUT2D eigenvalue weighted by Crippen LogP contribution is 2.27. The standard InChI is InChI=1S/C28H39N5O6S/c1-28(2,3)38-27(35)31-23(16-19-10-6-5-7-11-19)25(34)18-33(39-20-12-8-9-13-20)40(36,37)21-14-15-22-24(17-21)32(4)26(29)30-22/h5-7,10-11,14-15,17,20,23,25,34H,8-9,12-13,16,18H2,1-4H3,(H3,29,30,31,35)/p+1/t23-,25+/m0/s1. The Bertz CT molecular complexity index is 1410. The predicted molar refractivity (Wildman–Crippen MR) is 150 cm³/mol. The zero-order chi connectivity index (χ0) is 29.1. The number of hydrogen-bond acceptors (Lipinski definition) is 7. The number of nitrogens with two attached hydrogens (primary N) is 1. The number of benzene rings is 2. The number of nitrogens with one attached hydrogen (secondary N) is 2. The van der Waals surface area contributed by atoms with E-state index < -0.39 is 40.4 Å². The van der Waals surface area contributed by atoms with Gasteiger partial charge in [-0.2, -0.15) is 0 Å². The lowest BCUT2D eigenvalue weighted by atomic mass is 10.0. The van der Waals surface area contributed by atoms with Gasteiger partial charge >= 0.3 is 12.0 Å². The number of aromatic amines is 1. The zero-order valence-corrected chi connectivity index (χ0v) is 24.3. The van der Waals surface area contributed by atoms with Gasteiger partial charge in [0.25, 0.3) is 10.0 Å². The number of nitrogen functional groups attached to an aromatic ring is 1. The van der Waals surface area contributed by atoms with Gasteiger partial charge in [-0.25, -0.2) is 22.8 Å². The summed E-state index contributed by atoms with van der Waals surface area (Å²) in [5.41, 5.74) is 7.37. The molecule has 1 aromatic heterocycles. The van der Waals surface area contributed by atoms with E-state index in [-0.39, 0.29) is 17.4 Å². The summed E-state index contributed by atoms with van der Waals surface area (Å²) < 4.78 is 35.8. The molecule has 0 spiro atoms. The van der Waals surface area contributed by atoms with Crippen LogP contribution in [0.2, 0.25) is 0 Å². The van der Waals surface area contributed by atoms with Crippen LogP contribution in [0.1, 0.15) is 52.0 Å². The first-order chi connectivity index (χ1) is 18.8. The molecule has 1 aliphatic carbocycles. The summed E-state index contributed by atoms with van der Waals surface area (Å²) in [4.78, 5) is 21.7. The van der Waals surface area contributed by atoms with E-state index in [1.54, 1.807) is 38.5 Å². The number of aliphatic hydroxyl groups is 1. The van der Waals surface area contributed by atoms with E-state index in [1.165, 1.54) is 12.1 Å². The van der Waals surface area contributed by atoms with Gasteiger partial charge in [0.15, 0.2) is 0 Å². The average Bonchev–Trinajstić information content (AvgIpc) is 3.50. The van der Waals surface area contributed by atoms with Gasteiger partial charge in [0.1, 0.15) is 16.6 Å². The summed E-state index contributed by atoms with van der Waals surface area (Å²) in [5.74, 6) is 0.385. The van der Waals surface area contributed by atoms with Crippen LogP contribution in [0.4, 0.5) is 10.7 Å². The number of anilines is 1. The van der Waals surface area contributed by atoms with Crippen molar-refractivity contribution in [2.45, 2.75) is 81.6 Å². The third-order valence-corrected chi connectivity index (χ3v) is 8.51. The second kappa shape index (κ2) is 12.1. The van der Waals surface area contributed by atoms with Crippen LogP contribution in [0.5, 0.6) is 0 Å². The summed E-state index contributed by atoms with van der Waals surface area (Å²) in [6.45, 7) is 4.83. The minimum atomic E-state index is -4.21. The molecular weight excluding hydrogens is 534 g/mol. The second-order valence-electron chi connectivity index (χ2n) is 11.3. The number of imidazole rings is 1. The van der Waals surface area contributed by atoms with Crippen LogP contribution in [-0.4, -0.2) is 59.5 Å². The molecule has 1 heterocycles. The number of rotatable bonds is 10.